The molecule has 0 amide bonds. The van der Waals surface area contributed by atoms with Crippen molar-refractivity contribution in [1.82, 2.24) is 10.2 Å². The smallest absolute Gasteiger partial charge is 0.153 e. The molecule has 1 aromatic heterocycles. The summed E-state index contributed by atoms with van der Waals surface area (Å²) in [5.41, 5.74) is 6.04. The molecule has 1 N–H and O–H groups in total. The van der Waals surface area contributed by atoms with E-state index < -0.39 is 0 Å². The number of rotatable bonds is 3. The number of nitrogens with one attached hydrogen (secondary N) is 1. The van der Waals surface area contributed by atoms with Crippen LogP contribution >= 0.6 is 0 Å². The zero-order valence-electron chi connectivity index (χ0n) is 10.4. The van der Waals surface area contributed by atoms with Crippen LogP contribution in [0.2, 0.25) is 0 Å². The molecule has 0 fully saturated rings. The zero-order valence-corrected chi connectivity index (χ0v) is 10.4. The van der Waals surface area contributed by atoms with Gasteiger partial charge in [-0.1, -0.05) is 23.8 Å². The third-order valence-corrected chi connectivity index (χ3v) is 3.05. The summed E-state index contributed by atoms with van der Waals surface area (Å²) in [7, 11) is 0. The first kappa shape index (κ1) is 11.6. The Labute approximate surface area is 101 Å². The standard InChI is InChI=1S/C14H16N2O/c1-9-4-5-12(10(2)6-9)7-14-13(8-17)11(3)15-16-14/h4-6,8H,7H2,1-3H3,(H,15,16). The number of aryl methyl sites for hydroxylation is 3. The van der Waals surface area contributed by atoms with Gasteiger partial charge >= 0.3 is 0 Å². The molecule has 3 nitrogen and oxygen atoms in total. The van der Waals surface area contributed by atoms with Crippen LogP contribution in [-0.2, 0) is 6.42 Å². The van der Waals surface area contributed by atoms with Crippen molar-refractivity contribution < 1.29 is 4.79 Å². The van der Waals surface area contributed by atoms with Gasteiger partial charge in [0, 0.05) is 12.1 Å². The van der Waals surface area contributed by atoms with Gasteiger partial charge in [-0.25, -0.2) is 0 Å². The number of H-pyrrole nitrogens is 1. The van der Waals surface area contributed by atoms with Crippen LogP contribution in [0.1, 0.15) is 38.4 Å². The van der Waals surface area contributed by atoms with Crippen LogP contribution in [0.4, 0.5) is 0 Å². The maximum absolute atomic E-state index is 11.0. The first-order valence-electron chi connectivity index (χ1n) is 5.67. The molecule has 0 radical (unpaired) electrons. The van der Waals surface area contributed by atoms with Crippen molar-refractivity contribution in [2.75, 3.05) is 0 Å². The fourth-order valence-corrected chi connectivity index (χ4v) is 2.00. The second-order valence-electron chi connectivity index (χ2n) is 4.43. The molecule has 17 heavy (non-hydrogen) atoms. The van der Waals surface area contributed by atoms with E-state index in [9.17, 15) is 4.79 Å². The lowest BCUT2D eigenvalue weighted by molar-refractivity contribution is 0.112. The molecule has 0 saturated heterocycles. The second-order valence-corrected chi connectivity index (χ2v) is 4.43. The monoisotopic (exact) mass is 228 g/mol. The topological polar surface area (TPSA) is 45.8 Å². The van der Waals surface area contributed by atoms with Gasteiger partial charge in [-0.3, -0.25) is 9.89 Å². The minimum absolute atomic E-state index is 0.685. The number of carbonyl (C=O) groups is 1. The Morgan fingerprint density at radius 3 is 2.71 bits per heavy atom. The lowest BCUT2D eigenvalue weighted by Gasteiger charge is -2.05. The average Bonchev–Trinajstić information content (AvgIpc) is 2.63. The van der Waals surface area contributed by atoms with Crippen molar-refractivity contribution in [2.45, 2.75) is 27.2 Å². The summed E-state index contributed by atoms with van der Waals surface area (Å²) in [6.45, 7) is 6.02. The van der Waals surface area contributed by atoms with E-state index in [1.165, 1.54) is 16.7 Å². The molecule has 0 unspecified atom stereocenters. The molecule has 0 spiro atoms. The van der Waals surface area contributed by atoms with E-state index in [2.05, 4.69) is 42.2 Å². The maximum Gasteiger partial charge on any atom is 0.153 e. The molecular weight excluding hydrogens is 212 g/mol. The lowest BCUT2D eigenvalue weighted by atomic mass is 10.00. The Kier molecular flexibility index (Phi) is 3.09. The third kappa shape index (κ3) is 2.28. The van der Waals surface area contributed by atoms with Gasteiger partial charge in [0.25, 0.3) is 0 Å². The van der Waals surface area contributed by atoms with Gasteiger partial charge in [-0.15, -0.1) is 0 Å². The molecule has 0 aliphatic heterocycles. The number of aromatic nitrogens is 2. The summed E-state index contributed by atoms with van der Waals surface area (Å²) in [6.07, 6.45) is 1.57. The van der Waals surface area contributed by atoms with Crippen LogP contribution in [0.15, 0.2) is 18.2 Å². The molecule has 0 bridgehead atoms. The van der Waals surface area contributed by atoms with Crippen LogP contribution < -0.4 is 0 Å². The van der Waals surface area contributed by atoms with Gasteiger partial charge in [0.05, 0.1) is 11.3 Å². The van der Waals surface area contributed by atoms with E-state index in [0.717, 1.165) is 17.7 Å². The molecule has 88 valence electrons. The highest BCUT2D eigenvalue weighted by molar-refractivity contribution is 5.78. The SMILES string of the molecule is Cc1ccc(Cc2n[nH]c(C)c2C=O)c(C)c1. The molecule has 1 aromatic carbocycles. The number of aldehydes is 1. The Morgan fingerprint density at radius 1 is 1.29 bits per heavy atom. The van der Waals surface area contributed by atoms with Crippen LogP contribution in [-0.4, -0.2) is 16.5 Å². The maximum atomic E-state index is 11.0. The van der Waals surface area contributed by atoms with Gasteiger partial charge in [0.1, 0.15) is 0 Å². The molecule has 0 aliphatic carbocycles. The molecule has 0 saturated carbocycles. The molecular formula is C14H16N2O. The van der Waals surface area contributed by atoms with Crippen molar-refractivity contribution in [3.05, 3.63) is 51.8 Å². The van der Waals surface area contributed by atoms with Crippen LogP contribution in [0, 0.1) is 20.8 Å². The minimum atomic E-state index is 0.685. The largest absolute Gasteiger partial charge is 0.298 e. The summed E-state index contributed by atoms with van der Waals surface area (Å²) in [4.78, 5) is 11.0. The number of aromatic amines is 1. The van der Waals surface area contributed by atoms with Crippen molar-refractivity contribution in [3.8, 4) is 0 Å². The minimum Gasteiger partial charge on any atom is -0.298 e. The second kappa shape index (κ2) is 4.53. The van der Waals surface area contributed by atoms with Crippen LogP contribution in [0.25, 0.3) is 0 Å². The predicted molar refractivity (Wildman–Crippen MR) is 67.4 cm³/mol. The fourth-order valence-electron chi connectivity index (χ4n) is 2.00. The number of hydrogen-bond acceptors (Lipinski definition) is 2. The van der Waals surface area contributed by atoms with E-state index >= 15 is 0 Å². The highest BCUT2D eigenvalue weighted by Crippen LogP contribution is 2.17. The van der Waals surface area contributed by atoms with Gasteiger partial charge in [0.15, 0.2) is 6.29 Å². The summed E-state index contributed by atoms with van der Waals surface area (Å²) in [5, 5.41) is 7.05. The van der Waals surface area contributed by atoms with E-state index in [0.29, 0.717) is 12.0 Å². The zero-order chi connectivity index (χ0) is 12.4. The Hall–Kier alpha value is -1.90. The molecule has 3 heteroatoms. The summed E-state index contributed by atoms with van der Waals surface area (Å²) in [5.74, 6) is 0. The number of benzene rings is 1. The first-order valence-corrected chi connectivity index (χ1v) is 5.67. The molecule has 2 rings (SSSR count). The molecule has 0 aliphatic rings. The van der Waals surface area contributed by atoms with Gasteiger partial charge in [-0.05, 0) is 31.9 Å². The average molecular weight is 228 g/mol. The molecule has 1 heterocycles. The molecule has 2 aromatic rings. The Morgan fingerprint density at radius 2 is 2.06 bits per heavy atom. The third-order valence-electron chi connectivity index (χ3n) is 3.05. The van der Waals surface area contributed by atoms with Crippen molar-refractivity contribution in [2.24, 2.45) is 0 Å². The van der Waals surface area contributed by atoms with Crippen molar-refractivity contribution in [1.29, 1.82) is 0 Å². The normalized spacial score (nSPS) is 10.5. The Balaban J connectivity index is 2.34. The van der Waals surface area contributed by atoms with E-state index in [4.69, 9.17) is 0 Å². The highest BCUT2D eigenvalue weighted by Gasteiger charge is 2.10. The number of carbonyl (C=O) groups excluding carboxylic acids is 1. The number of nitrogens with zero attached hydrogens (tertiary/aromatic N) is 1. The number of hydrogen-bond donors (Lipinski definition) is 1. The van der Waals surface area contributed by atoms with E-state index in [1.807, 2.05) is 6.92 Å². The summed E-state index contributed by atoms with van der Waals surface area (Å²) in [6, 6.07) is 6.33. The van der Waals surface area contributed by atoms with E-state index in [1.54, 1.807) is 0 Å². The highest BCUT2D eigenvalue weighted by atomic mass is 16.1. The van der Waals surface area contributed by atoms with Gasteiger partial charge in [-0.2, -0.15) is 5.10 Å². The summed E-state index contributed by atoms with van der Waals surface area (Å²) >= 11 is 0. The van der Waals surface area contributed by atoms with Crippen LogP contribution in [0.5, 0.6) is 0 Å². The lowest BCUT2D eigenvalue weighted by Crippen LogP contribution is -1.96. The van der Waals surface area contributed by atoms with E-state index in [-0.39, 0.29) is 0 Å². The van der Waals surface area contributed by atoms with Crippen molar-refractivity contribution in [3.63, 3.8) is 0 Å². The molecule has 0 atom stereocenters. The first-order chi connectivity index (χ1) is 8.11. The Bertz CT molecular complexity index is 555. The van der Waals surface area contributed by atoms with Gasteiger partial charge < -0.3 is 0 Å². The summed E-state index contributed by atoms with van der Waals surface area (Å²) < 4.78 is 0. The quantitative estimate of drug-likeness (QED) is 0.821. The van der Waals surface area contributed by atoms with Crippen molar-refractivity contribution >= 4 is 6.29 Å². The van der Waals surface area contributed by atoms with Crippen LogP contribution in [0.3, 0.4) is 0 Å². The fraction of sp³-hybridized carbons (Fsp3) is 0.286. The van der Waals surface area contributed by atoms with Gasteiger partial charge in [0.2, 0.25) is 0 Å². The predicted octanol–water partition coefficient (Wildman–Crippen LogP) is 2.74.